The highest BCUT2D eigenvalue weighted by molar-refractivity contribution is 5.45. The van der Waals surface area contributed by atoms with E-state index in [1.54, 1.807) is 0 Å². The predicted octanol–water partition coefficient (Wildman–Crippen LogP) is 2.82. The Labute approximate surface area is 91.3 Å². The summed E-state index contributed by atoms with van der Waals surface area (Å²) in [7, 11) is 0. The van der Waals surface area contributed by atoms with Crippen molar-refractivity contribution in [2.24, 2.45) is 0 Å². The molecule has 2 nitrogen and oxygen atoms in total. The van der Waals surface area contributed by atoms with Crippen molar-refractivity contribution in [2.45, 2.75) is 45.7 Å². The molecule has 2 rings (SSSR count). The Morgan fingerprint density at radius 1 is 1.33 bits per heavy atom. The Morgan fingerprint density at radius 2 is 2.00 bits per heavy atom. The van der Waals surface area contributed by atoms with Crippen molar-refractivity contribution in [1.29, 1.82) is 0 Å². The quantitative estimate of drug-likeness (QED) is 0.795. The van der Waals surface area contributed by atoms with Crippen LogP contribution in [0.4, 0.5) is 0 Å². The second-order valence-corrected chi connectivity index (χ2v) is 4.61. The lowest BCUT2D eigenvalue weighted by Gasteiger charge is -2.17. The second kappa shape index (κ2) is 3.86. The van der Waals surface area contributed by atoms with Gasteiger partial charge in [-0.3, -0.25) is 0 Å². The molecule has 1 aromatic rings. The Bertz CT molecular complexity index is 369. The van der Waals surface area contributed by atoms with Gasteiger partial charge in [0.1, 0.15) is 5.75 Å². The van der Waals surface area contributed by atoms with Crippen LogP contribution in [0.1, 0.15) is 42.5 Å². The lowest BCUT2D eigenvalue weighted by Crippen LogP contribution is -2.20. The van der Waals surface area contributed by atoms with E-state index in [2.05, 4.69) is 18.3 Å². The van der Waals surface area contributed by atoms with Crippen LogP contribution in [-0.2, 0) is 0 Å². The van der Waals surface area contributed by atoms with Gasteiger partial charge in [0.25, 0.3) is 0 Å². The highest BCUT2D eigenvalue weighted by atomic mass is 16.3. The van der Waals surface area contributed by atoms with E-state index in [9.17, 15) is 5.11 Å². The first-order valence-corrected chi connectivity index (χ1v) is 5.64. The van der Waals surface area contributed by atoms with Gasteiger partial charge in [-0.2, -0.15) is 0 Å². The van der Waals surface area contributed by atoms with Gasteiger partial charge in [0.05, 0.1) is 0 Å². The van der Waals surface area contributed by atoms with Crippen LogP contribution in [-0.4, -0.2) is 11.1 Å². The lowest BCUT2D eigenvalue weighted by atomic mass is 10.00. The summed E-state index contributed by atoms with van der Waals surface area (Å²) in [6.45, 7) is 6.11. The summed E-state index contributed by atoms with van der Waals surface area (Å²) in [4.78, 5) is 0. The molecule has 2 N–H and O–H groups in total. The number of aromatic hydroxyl groups is 1. The van der Waals surface area contributed by atoms with E-state index in [-0.39, 0.29) is 6.04 Å². The fourth-order valence-corrected chi connectivity index (χ4v) is 1.86. The zero-order valence-corrected chi connectivity index (χ0v) is 9.67. The summed E-state index contributed by atoms with van der Waals surface area (Å²) in [5, 5.41) is 13.5. The van der Waals surface area contributed by atoms with Crippen molar-refractivity contribution in [3.63, 3.8) is 0 Å². The molecular weight excluding hydrogens is 186 g/mol. The molecular formula is C13H19NO. The molecule has 0 saturated heterocycles. The van der Waals surface area contributed by atoms with Crippen molar-refractivity contribution in [3.05, 3.63) is 28.8 Å². The van der Waals surface area contributed by atoms with Gasteiger partial charge in [-0.1, -0.05) is 12.1 Å². The van der Waals surface area contributed by atoms with E-state index < -0.39 is 0 Å². The predicted molar refractivity (Wildman–Crippen MR) is 62.2 cm³/mol. The Balaban J connectivity index is 2.22. The molecule has 0 aromatic heterocycles. The number of benzene rings is 1. The molecule has 0 amide bonds. The molecule has 82 valence electrons. The van der Waals surface area contributed by atoms with E-state index in [4.69, 9.17) is 0 Å². The van der Waals surface area contributed by atoms with Crippen LogP contribution in [0.15, 0.2) is 12.1 Å². The third-order valence-corrected chi connectivity index (χ3v) is 3.26. The first kappa shape index (κ1) is 10.5. The molecule has 0 heterocycles. The molecule has 0 bridgehead atoms. The van der Waals surface area contributed by atoms with Crippen LogP contribution >= 0.6 is 0 Å². The smallest absolute Gasteiger partial charge is 0.123 e. The van der Waals surface area contributed by atoms with Crippen LogP contribution in [0.25, 0.3) is 0 Å². The number of nitrogens with one attached hydrogen (secondary N) is 1. The number of rotatable bonds is 3. The van der Waals surface area contributed by atoms with Crippen molar-refractivity contribution < 1.29 is 5.11 Å². The van der Waals surface area contributed by atoms with Gasteiger partial charge in [-0.25, -0.2) is 0 Å². The Kier molecular flexibility index (Phi) is 2.70. The fourth-order valence-electron chi connectivity index (χ4n) is 1.86. The number of hydrogen-bond acceptors (Lipinski definition) is 2. The second-order valence-electron chi connectivity index (χ2n) is 4.61. The standard InChI is InChI=1S/C13H19NO/c1-8-4-7-12(13(15)9(8)2)10(3)14-11-5-6-11/h4,7,10-11,14-15H,5-6H2,1-3H3. The van der Waals surface area contributed by atoms with E-state index in [0.29, 0.717) is 11.8 Å². The van der Waals surface area contributed by atoms with Gasteiger partial charge in [-0.15, -0.1) is 0 Å². The molecule has 1 unspecified atom stereocenters. The Morgan fingerprint density at radius 3 is 2.60 bits per heavy atom. The molecule has 2 heteroatoms. The van der Waals surface area contributed by atoms with Crippen LogP contribution in [0.3, 0.4) is 0 Å². The van der Waals surface area contributed by atoms with E-state index in [1.807, 2.05) is 19.9 Å². The number of hydrogen-bond donors (Lipinski definition) is 2. The van der Waals surface area contributed by atoms with Crippen molar-refractivity contribution in [3.8, 4) is 5.75 Å². The number of phenols is 1. The molecule has 1 aliphatic rings. The van der Waals surface area contributed by atoms with Crippen molar-refractivity contribution >= 4 is 0 Å². The van der Waals surface area contributed by atoms with Crippen LogP contribution < -0.4 is 5.32 Å². The minimum absolute atomic E-state index is 0.247. The molecule has 1 aromatic carbocycles. The highest BCUT2D eigenvalue weighted by Crippen LogP contribution is 2.31. The topological polar surface area (TPSA) is 32.3 Å². The van der Waals surface area contributed by atoms with Gasteiger partial charge in [0, 0.05) is 17.6 Å². The zero-order valence-electron chi connectivity index (χ0n) is 9.67. The van der Waals surface area contributed by atoms with Crippen LogP contribution in [0.2, 0.25) is 0 Å². The number of aryl methyl sites for hydroxylation is 1. The maximum Gasteiger partial charge on any atom is 0.123 e. The summed E-state index contributed by atoms with van der Waals surface area (Å²) in [6.07, 6.45) is 2.55. The monoisotopic (exact) mass is 205 g/mol. The maximum absolute atomic E-state index is 10.0. The average Bonchev–Trinajstić information content (AvgIpc) is 2.98. The lowest BCUT2D eigenvalue weighted by molar-refractivity contribution is 0.447. The third kappa shape index (κ3) is 2.15. The molecule has 1 saturated carbocycles. The highest BCUT2D eigenvalue weighted by Gasteiger charge is 2.24. The minimum atomic E-state index is 0.247. The van der Waals surface area contributed by atoms with Crippen molar-refractivity contribution in [2.75, 3.05) is 0 Å². The van der Waals surface area contributed by atoms with E-state index in [0.717, 1.165) is 16.7 Å². The first-order chi connectivity index (χ1) is 7.09. The number of phenolic OH excluding ortho intramolecular Hbond substituents is 1. The summed E-state index contributed by atoms with van der Waals surface area (Å²) >= 11 is 0. The van der Waals surface area contributed by atoms with Gasteiger partial charge in [-0.05, 0) is 44.7 Å². The summed E-state index contributed by atoms with van der Waals surface area (Å²) in [6, 6.07) is 5.02. The molecule has 1 atom stereocenters. The zero-order chi connectivity index (χ0) is 11.0. The van der Waals surface area contributed by atoms with E-state index in [1.165, 1.54) is 12.8 Å². The summed E-state index contributed by atoms with van der Waals surface area (Å²) < 4.78 is 0. The molecule has 15 heavy (non-hydrogen) atoms. The van der Waals surface area contributed by atoms with Crippen LogP contribution in [0, 0.1) is 13.8 Å². The molecule has 1 fully saturated rings. The average molecular weight is 205 g/mol. The van der Waals surface area contributed by atoms with E-state index >= 15 is 0 Å². The third-order valence-electron chi connectivity index (χ3n) is 3.26. The minimum Gasteiger partial charge on any atom is -0.507 e. The largest absolute Gasteiger partial charge is 0.507 e. The van der Waals surface area contributed by atoms with Gasteiger partial charge < -0.3 is 10.4 Å². The SMILES string of the molecule is Cc1ccc(C(C)NC2CC2)c(O)c1C. The van der Waals surface area contributed by atoms with Gasteiger partial charge in [0.15, 0.2) is 0 Å². The molecule has 0 radical (unpaired) electrons. The Hall–Kier alpha value is -1.02. The fraction of sp³-hybridized carbons (Fsp3) is 0.538. The first-order valence-electron chi connectivity index (χ1n) is 5.64. The maximum atomic E-state index is 10.0. The van der Waals surface area contributed by atoms with Crippen molar-refractivity contribution in [1.82, 2.24) is 5.32 Å². The van der Waals surface area contributed by atoms with Gasteiger partial charge in [0.2, 0.25) is 0 Å². The summed E-state index contributed by atoms with van der Waals surface area (Å²) in [5.41, 5.74) is 3.16. The molecule has 0 aliphatic heterocycles. The molecule has 0 spiro atoms. The normalized spacial score (nSPS) is 17.8. The molecule has 1 aliphatic carbocycles. The summed E-state index contributed by atoms with van der Waals surface area (Å²) in [5.74, 6) is 0.454. The van der Waals surface area contributed by atoms with Gasteiger partial charge >= 0.3 is 0 Å². The van der Waals surface area contributed by atoms with Crippen LogP contribution in [0.5, 0.6) is 5.75 Å².